The lowest BCUT2D eigenvalue weighted by atomic mass is 10.2. The second-order valence-electron chi connectivity index (χ2n) is 6.41. The SMILES string of the molecule is Cc1cc(CNc2nccc(OC(C)C)n2)cc(N2CCCC2)n1. The van der Waals surface area contributed by atoms with Gasteiger partial charge in [0.25, 0.3) is 0 Å². The molecule has 3 heterocycles. The maximum absolute atomic E-state index is 5.60. The number of aryl methyl sites for hydroxylation is 1. The van der Waals surface area contributed by atoms with E-state index in [-0.39, 0.29) is 6.10 Å². The van der Waals surface area contributed by atoms with Crippen molar-refractivity contribution in [3.05, 3.63) is 35.7 Å². The third kappa shape index (κ3) is 4.34. The van der Waals surface area contributed by atoms with Crippen LogP contribution in [0.2, 0.25) is 0 Å². The van der Waals surface area contributed by atoms with Gasteiger partial charge in [0, 0.05) is 37.6 Å². The first kappa shape index (κ1) is 16.5. The number of aromatic nitrogens is 3. The molecule has 24 heavy (non-hydrogen) atoms. The van der Waals surface area contributed by atoms with Gasteiger partial charge in [-0.05, 0) is 51.3 Å². The van der Waals surface area contributed by atoms with Gasteiger partial charge < -0.3 is 15.0 Å². The Morgan fingerprint density at radius 1 is 1.21 bits per heavy atom. The highest BCUT2D eigenvalue weighted by molar-refractivity contribution is 5.44. The van der Waals surface area contributed by atoms with E-state index in [0.29, 0.717) is 18.4 Å². The summed E-state index contributed by atoms with van der Waals surface area (Å²) < 4.78 is 5.60. The molecule has 1 fully saturated rings. The van der Waals surface area contributed by atoms with Crippen molar-refractivity contribution in [2.75, 3.05) is 23.3 Å². The van der Waals surface area contributed by atoms with Crippen molar-refractivity contribution in [2.45, 2.75) is 46.3 Å². The number of nitrogens with zero attached hydrogens (tertiary/aromatic N) is 4. The summed E-state index contributed by atoms with van der Waals surface area (Å²) in [4.78, 5) is 15.7. The van der Waals surface area contributed by atoms with Gasteiger partial charge in [0.15, 0.2) is 0 Å². The molecule has 0 aliphatic carbocycles. The highest BCUT2D eigenvalue weighted by Gasteiger charge is 2.14. The van der Waals surface area contributed by atoms with E-state index in [0.717, 1.165) is 24.6 Å². The molecule has 0 saturated carbocycles. The van der Waals surface area contributed by atoms with Crippen LogP contribution in [-0.4, -0.2) is 34.1 Å². The largest absolute Gasteiger partial charge is 0.475 e. The van der Waals surface area contributed by atoms with E-state index < -0.39 is 0 Å². The van der Waals surface area contributed by atoms with Crippen molar-refractivity contribution >= 4 is 11.8 Å². The Hall–Kier alpha value is -2.37. The van der Waals surface area contributed by atoms with E-state index in [4.69, 9.17) is 4.74 Å². The summed E-state index contributed by atoms with van der Waals surface area (Å²) >= 11 is 0. The van der Waals surface area contributed by atoms with Crippen molar-refractivity contribution in [1.82, 2.24) is 15.0 Å². The molecular weight excluding hydrogens is 302 g/mol. The summed E-state index contributed by atoms with van der Waals surface area (Å²) in [6.45, 7) is 8.86. The number of ether oxygens (including phenoxy) is 1. The Kier molecular flexibility index (Phi) is 5.13. The van der Waals surface area contributed by atoms with Crippen LogP contribution in [0.1, 0.15) is 37.9 Å². The lowest BCUT2D eigenvalue weighted by Crippen LogP contribution is -2.19. The van der Waals surface area contributed by atoms with Gasteiger partial charge in [-0.1, -0.05) is 0 Å². The molecule has 1 N–H and O–H groups in total. The Balaban J connectivity index is 1.68. The number of hydrogen-bond donors (Lipinski definition) is 1. The summed E-state index contributed by atoms with van der Waals surface area (Å²) in [5, 5.41) is 3.27. The van der Waals surface area contributed by atoms with Crippen LogP contribution < -0.4 is 15.0 Å². The number of nitrogens with one attached hydrogen (secondary N) is 1. The molecule has 2 aromatic rings. The fraction of sp³-hybridized carbons (Fsp3) is 0.500. The van der Waals surface area contributed by atoms with Gasteiger partial charge in [0.1, 0.15) is 5.82 Å². The summed E-state index contributed by atoms with van der Waals surface area (Å²) in [5.74, 6) is 2.23. The maximum atomic E-state index is 5.60. The normalized spacial score (nSPS) is 14.2. The zero-order valence-corrected chi connectivity index (χ0v) is 14.6. The Labute approximate surface area is 143 Å². The first-order valence-electron chi connectivity index (χ1n) is 8.56. The fourth-order valence-electron chi connectivity index (χ4n) is 2.85. The van der Waals surface area contributed by atoms with E-state index in [1.807, 2.05) is 20.8 Å². The Morgan fingerprint density at radius 2 is 2.00 bits per heavy atom. The van der Waals surface area contributed by atoms with Gasteiger partial charge in [-0.25, -0.2) is 9.97 Å². The fourth-order valence-corrected chi connectivity index (χ4v) is 2.85. The third-order valence-corrected chi connectivity index (χ3v) is 3.87. The molecule has 1 aliphatic rings. The molecular formula is C18H25N5O. The molecule has 2 aromatic heterocycles. The number of hydrogen-bond acceptors (Lipinski definition) is 6. The summed E-state index contributed by atoms with van der Waals surface area (Å²) in [5.41, 5.74) is 2.22. The molecule has 0 spiro atoms. The number of rotatable bonds is 6. The molecule has 6 nitrogen and oxygen atoms in total. The van der Waals surface area contributed by atoms with Gasteiger partial charge in [-0.3, -0.25) is 0 Å². The van der Waals surface area contributed by atoms with Crippen LogP contribution in [0.25, 0.3) is 0 Å². The van der Waals surface area contributed by atoms with Crippen LogP contribution in [0.3, 0.4) is 0 Å². The highest BCUT2D eigenvalue weighted by Crippen LogP contribution is 2.20. The van der Waals surface area contributed by atoms with Gasteiger partial charge in [-0.2, -0.15) is 4.98 Å². The van der Waals surface area contributed by atoms with E-state index in [9.17, 15) is 0 Å². The molecule has 6 heteroatoms. The average molecular weight is 327 g/mol. The monoisotopic (exact) mass is 327 g/mol. The molecule has 0 radical (unpaired) electrons. The van der Waals surface area contributed by atoms with Crippen molar-refractivity contribution in [1.29, 1.82) is 0 Å². The second-order valence-corrected chi connectivity index (χ2v) is 6.41. The maximum Gasteiger partial charge on any atom is 0.226 e. The summed E-state index contributed by atoms with van der Waals surface area (Å²) in [6, 6.07) is 6.02. The molecule has 0 amide bonds. The van der Waals surface area contributed by atoms with Crippen LogP contribution in [-0.2, 0) is 6.54 Å². The van der Waals surface area contributed by atoms with Crippen LogP contribution >= 0.6 is 0 Å². The molecule has 0 atom stereocenters. The zero-order valence-electron chi connectivity index (χ0n) is 14.6. The lowest BCUT2D eigenvalue weighted by molar-refractivity contribution is 0.232. The van der Waals surface area contributed by atoms with Crippen LogP contribution in [0.15, 0.2) is 24.4 Å². The topological polar surface area (TPSA) is 63.2 Å². The van der Waals surface area contributed by atoms with Crippen LogP contribution in [0.4, 0.5) is 11.8 Å². The first-order valence-corrected chi connectivity index (χ1v) is 8.56. The zero-order chi connectivity index (χ0) is 16.9. The smallest absolute Gasteiger partial charge is 0.226 e. The average Bonchev–Trinajstić information content (AvgIpc) is 3.07. The molecule has 0 aromatic carbocycles. The minimum Gasteiger partial charge on any atom is -0.475 e. The van der Waals surface area contributed by atoms with Crippen molar-refractivity contribution in [3.8, 4) is 5.88 Å². The number of pyridine rings is 1. The summed E-state index contributed by atoms with van der Waals surface area (Å²) in [6.07, 6.45) is 4.30. The Morgan fingerprint density at radius 3 is 2.75 bits per heavy atom. The Bertz CT molecular complexity index is 683. The quantitative estimate of drug-likeness (QED) is 0.879. The van der Waals surface area contributed by atoms with Gasteiger partial charge in [0.2, 0.25) is 11.8 Å². The predicted octanol–water partition coefficient (Wildman–Crippen LogP) is 3.18. The minimum atomic E-state index is 0.0959. The van der Waals surface area contributed by atoms with Crippen molar-refractivity contribution in [3.63, 3.8) is 0 Å². The minimum absolute atomic E-state index is 0.0959. The standard InChI is InChI=1S/C18H25N5O/c1-13(2)24-17-6-7-19-18(22-17)20-12-15-10-14(3)21-16(11-15)23-8-4-5-9-23/h6-7,10-11,13H,4-5,8-9,12H2,1-3H3,(H,19,20,22). The molecule has 3 rings (SSSR count). The van der Waals surface area contributed by atoms with Crippen molar-refractivity contribution in [2.24, 2.45) is 0 Å². The van der Waals surface area contributed by atoms with Gasteiger partial charge in [-0.15, -0.1) is 0 Å². The molecule has 1 saturated heterocycles. The molecule has 1 aliphatic heterocycles. The second kappa shape index (κ2) is 7.47. The molecule has 0 unspecified atom stereocenters. The third-order valence-electron chi connectivity index (χ3n) is 3.87. The van der Waals surface area contributed by atoms with E-state index in [1.165, 1.54) is 18.4 Å². The van der Waals surface area contributed by atoms with Crippen LogP contribution in [0, 0.1) is 6.92 Å². The van der Waals surface area contributed by atoms with Crippen molar-refractivity contribution < 1.29 is 4.74 Å². The van der Waals surface area contributed by atoms with E-state index in [2.05, 4.69) is 37.3 Å². The number of anilines is 2. The van der Waals surface area contributed by atoms with Crippen LogP contribution in [0.5, 0.6) is 5.88 Å². The van der Waals surface area contributed by atoms with Gasteiger partial charge in [0.05, 0.1) is 6.10 Å². The first-order chi connectivity index (χ1) is 11.6. The predicted molar refractivity (Wildman–Crippen MR) is 95.5 cm³/mol. The molecule has 128 valence electrons. The van der Waals surface area contributed by atoms with E-state index in [1.54, 1.807) is 12.3 Å². The lowest BCUT2D eigenvalue weighted by Gasteiger charge is -2.18. The summed E-state index contributed by atoms with van der Waals surface area (Å²) in [7, 11) is 0. The highest BCUT2D eigenvalue weighted by atomic mass is 16.5. The van der Waals surface area contributed by atoms with Gasteiger partial charge >= 0.3 is 0 Å². The molecule has 0 bridgehead atoms. The van der Waals surface area contributed by atoms with E-state index >= 15 is 0 Å².